The van der Waals surface area contributed by atoms with E-state index in [4.69, 9.17) is 16.3 Å². The van der Waals surface area contributed by atoms with Gasteiger partial charge in [0.1, 0.15) is 5.60 Å². The second-order valence-electron chi connectivity index (χ2n) is 7.26. The molecule has 0 bridgehead atoms. The van der Waals surface area contributed by atoms with E-state index in [0.29, 0.717) is 10.6 Å². The van der Waals surface area contributed by atoms with Crippen molar-refractivity contribution in [3.8, 4) is 0 Å². The minimum absolute atomic E-state index is 0.0587. The fraction of sp³-hybridized carbons (Fsp3) is 0.286. The number of benzene rings is 1. The molecule has 0 spiro atoms. The summed E-state index contributed by atoms with van der Waals surface area (Å²) in [4.78, 5) is 21.4. The summed E-state index contributed by atoms with van der Waals surface area (Å²) >= 11 is 5.93. The molecular formula is C21H21ClN2O2. The van der Waals surface area contributed by atoms with Crippen molar-refractivity contribution in [3.63, 3.8) is 0 Å². The molecule has 0 aliphatic heterocycles. The number of hydrogen-bond acceptors (Lipinski definition) is 4. The van der Waals surface area contributed by atoms with Crippen LogP contribution in [0.15, 0.2) is 48.8 Å². The Kier molecular flexibility index (Phi) is 4.97. The number of pyridine rings is 2. The van der Waals surface area contributed by atoms with Crippen LogP contribution in [0, 0.1) is 0 Å². The molecule has 0 aliphatic rings. The lowest BCUT2D eigenvalue weighted by molar-refractivity contribution is 0.00718. The van der Waals surface area contributed by atoms with E-state index in [0.717, 1.165) is 22.2 Å². The van der Waals surface area contributed by atoms with Crippen LogP contribution < -0.4 is 0 Å². The van der Waals surface area contributed by atoms with E-state index in [1.807, 2.05) is 51.1 Å². The van der Waals surface area contributed by atoms with E-state index in [2.05, 4.69) is 16.9 Å². The van der Waals surface area contributed by atoms with Gasteiger partial charge in [0.25, 0.3) is 0 Å². The van der Waals surface area contributed by atoms with Crippen molar-refractivity contribution in [1.82, 2.24) is 9.97 Å². The predicted octanol–water partition coefficient (Wildman–Crippen LogP) is 5.39. The molecule has 0 unspecified atom stereocenters. The van der Waals surface area contributed by atoms with Gasteiger partial charge in [-0.05, 0) is 56.7 Å². The number of fused-ring (bicyclic) bond motifs is 1. The maximum absolute atomic E-state index is 12.6. The Balaban J connectivity index is 2.03. The van der Waals surface area contributed by atoms with Crippen LogP contribution in [0.4, 0.5) is 0 Å². The van der Waals surface area contributed by atoms with Crippen molar-refractivity contribution in [1.29, 1.82) is 0 Å². The van der Waals surface area contributed by atoms with Crippen LogP contribution in [0.25, 0.3) is 10.9 Å². The molecule has 0 radical (unpaired) electrons. The highest BCUT2D eigenvalue weighted by atomic mass is 35.5. The Hall–Kier alpha value is -2.46. The first-order valence-corrected chi connectivity index (χ1v) is 8.86. The van der Waals surface area contributed by atoms with Gasteiger partial charge in [-0.1, -0.05) is 24.6 Å². The maximum atomic E-state index is 12.6. The molecule has 1 atom stereocenters. The summed E-state index contributed by atoms with van der Waals surface area (Å²) in [5, 5.41) is 1.39. The Morgan fingerprint density at radius 2 is 1.88 bits per heavy atom. The summed E-state index contributed by atoms with van der Waals surface area (Å²) < 4.78 is 5.54. The van der Waals surface area contributed by atoms with Crippen LogP contribution in [0.1, 0.15) is 55.2 Å². The predicted molar refractivity (Wildman–Crippen MR) is 104 cm³/mol. The van der Waals surface area contributed by atoms with E-state index in [9.17, 15) is 4.79 Å². The van der Waals surface area contributed by atoms with Gasteiger partial charge in [0, 0.05) is 29.4 Å². The number of carbonyl (C=O) groups excluding carboxylic acids is 1. The highest BCUT2D eigenvalue weighted by molar-refractivity contribution is 6.30. The molecule has 0 aliphatic carbocycles. The van der Waals surface area contributed by atoms with Gasteiger partial charge in [0.15, 0.2) is 0 Å². The number of hydrogen-bond donors (Lipinski definition) is 0. The zero-order valence-corrected chi connectivity index (χ0v) is 16.0. The van der Waals surface area contributed by atoms with Gasteiger partial charge >= 0.3 is 5.97 Å². The molecule has 26 heavy (non-hydrogen) atoms. The van der Waals surface area contributed by atoms with E-state index >= 15 is 0 Å². The molecule has 0 N–H and O–H groups in total. The zero-order chi connectivity index (χ0) is 18.9. The Morgan fingerprint density at radius 3 is 2.54 bits per heavy atom. The maximum Gasteiger partial charge on any atom is 0.339 e. The first-order chi connectivity index (χ1) is 12.2. The van der Waals surface area contributed by atoms with Crippen molar-refractivity contribution in [2.75, 3.05) is 0 Å². The van der Waals surface area contributed by atoms with Crippen LogP contribution in [-0.4, -0.2) is 21.5 Å². The highest BCUT2D eigenvalue weighted by Gasteiger charge is 2.20. The summed E-state index contributed by atoms with van der Waals surface area (Å²) in [5.41, 5.74) is 2.68. The lowest BCUT2D eigenvalue weighted by Gasteiger charge is -2.20. The normalized spacial score (nSPS) is 12.8. The SMILES string of the molecule is C[C@@H](c1ccc2nccc(C(=O)OC(C)(C)C)c2c1)c1ccc(Cl)cn1. The van der Waals surface area contributed by atoms with Gasteiger partial charge in [-0.25, -0.2) is 4.79 Å². The Morgan fingerprint density at radius 1 is 1.12 bits per heavy atom. The van der Waals surface area contributed by atoms with Crippen molar-refractivity contribution < 1.29 is 9.53 Å². The number of rotatable bonds is 3. The Bertz CT molecular complexity index is 946. The first-order valence-electron chi connectivity index (χ1n) is 8.48. The van der Waals surface area contributed by atoms with Gasteiger partial charge in [-0.2, -0.15) is 0 Å². The van der Waals surface area contributed by atoms with E-state index in [1.54, 1.807) is 18.5 Å². The molecule has 0 amide bonds. The van der Waals surface area contributed by atoms with Crippen molar-refractivity contribution in [2.24, 2.45) is 0 Å². The quantitative estimate of drug-likeness (QED) is 0.581. The number of nitrogens with zero attached hydrogens (tertiary/aromatic N) is 2. The topological polar surface area (TPSA) is 52.1 Å². The minimum Gasteiger partial charge on any atom is -0.456 e. The number of esters is 1. The van der Waals surface area contributed by atoms with Crippen molar-refractivity contribution in [3.05, 3.63) is 70.6 Å². The molecule has 2 heterocycles. The van der Waals surface area contributed by atoms with Crippen molar-refractivity contribution >= 4 is 28.5 Å². The largest absolute Gasteiger partial charge is 0.456 e. The van der Waals surface area contributed by atoms with Crippen LogP contribution in [0.2, 0.25) is 5.02 Å². The third kappa shape index (κ3) is 4.02. The third-order valence-corrected chi connectivity index (χ3v) is 4.30. The van der Waals surface area contributed by atoms with Gasteiger partial charge in [0.2, 0.25) is 0 Å². The van der Waals surface area contributed by atoms with Crippen LogP contribution in [0.3, 0.4) is 0 Å². The van der Waals surface area contributed by atoms with Gasteiger partial charge in [-0.3, -0.25) is 9.97 Å². The molecule has 134 valence electrons. The molecule has 5 heteroatoms. The number of halogens is 1. The molecule has 4 nitrogen and oxygen atoms in total. The molecule has 2 aromatic heterocycles. The number of carbonyl (C=O) groups is 1. The minimum atomic E-state index is -0.551. The third-order valence-electron chi connectivity index (χ3n) is 4.08. The van der Waals surface area contributed by atoms with Gasteiger partial charge < -0.3 is 4.74 Å². The van der Waals surface area contributed by atoms with Crippen LogP contribution in [-0.2, 0) is 4.74 Å². The Labute approximate surface area is 158 Å². The summed E-state index contributed by atoms with van der Waals surface area (Å²) in [5.74, 6) is -0.289. The summed E-state index contributed by atoms with van der Waals surface area (Å²) in [6, 6.07) is 11.4. The van der Waals surface area contributed by atoms with Crippen LogP contribution >= 0.6 is 11.6 Å². The smallest absolute Gasteiger partial charge is 0.339 e. The van der Waals surface area contributed by atoms with E-state index < -0.39 is 5.60 Å². The fourth-order valence-electron chi connectivity index (χ4n) is 2.76. The van der Waals surface area contributed by atoms with Crippen molar-refractivity contribution in [2.45, 2.75) is 39.2 Å². The first kappa shape index (κ1) is 18.3. The number of aromatic nitrogens is 2. The molecule has 3 rings (SSSR count). The molecule has 3 aromatic rings. The average molecular weight is 369 g/mol. The zero-order valence-electron chi connectivity index (χ0n) is 15.3. The standard InChI is InChI=1S/C21H21ClN2O2/c1-13(18-8-6-15(22)12-24-18)14-5-7-19-17(11-14)16(9-10-23-19)20(25)26-21(2,3)4/h5-13H,1-4H3/t13-/m0/s1. The second-order valence-corrected chi connectivity index (χ2v) is 7.70. The van der Waals surface area contributed by atoms with Gasteiger partial charge in [-0.15, -0.1) is 0 Å². The van der Waals surface area contributed by atoms with E-state index in [-0.39, 0.29) is 11.9 Å². The monoisotopic (exact) mass is 368 g/mol. The molecule has 0 saturated carbocycles. The molecule has 1 aromatic carbocycles. The summed E-state index contributed by atoms with van der Waals surface area (Å²) in [6.07, 6.45) is 3.27. The average Bonchev–Trinajstić information content (AvgIpc) is 2.59. The molecular weight excluding hydrogens is 348 g/mol. The highest BCUT2D eigenvalue weighted by Crippen LogP contribution is 2.28. The molecule has 0 fully saturated rings. The molecule has 0 saturated heterocycles. The fourth-order valence-corrected chi connectivity index (χ4v) is 2.87. The lowest BCUT2D eigenvalue weighted by Crippen LogP contribution is -2.24. The summed E-state index contributed by atoms with van der Waals surface area (Å²) in [7, 11) is 0. The lowest BCUT2D eigenvalue weighted by atomic mass is 9.94. The number of ether oxygens (including phenoxy) is 1. The second kappa shape index (κ2) is 7.04. The van der Waals surface area contributed by atoms with Crippen LogP contribution in [0.5, 0.6) is 0 Å². The van der Waals surface area contributed by atoms with Gasteiger partial charge in [0.05, 0.1) is 16.1 Å². The summed E-state index contributed by atoms with van der Waals surface area (Å²) in [6.45, 7) is 7.64. The van der Waals surface area contributed by atoms with E-state index in [1.165, 1.54) is 0 Å².